The van der Waals surface area contributed by atoms with E-state index in [0.29, 0.717) is 39.9 Å². The molecule has 1 N–H and O–H groups in total. The Labute approximate surface area is 202 Å². The minimum atomic E-state index is -4.55. The van der Waals surface area contributed by atoms with Crippen LogP contribution in [0.1, 0.15) is 18.2 Å². The zero-order valence-corrected chi connectivity index (χ0v) is 20.0. The molecular weight excluding hydrogens is 455 g/mol. The van der Waals surface area contributed by atoms with Gasteiger partial charge < -0.3 is 14.5 Å². The molecule has 160 valence electrons. The van der Waals surface area contributed by atoms with Crippen LogP contribution in [0.3, 0.4) is 0 Å². The zero-order chi connectivity index (χ0) is 22.5. The van der Waals surface area contributed by atoms with Gasteiger partial charge in [0, 0.05) is 16.6 Å². The van der Waals surface area contributed by atoms with E-state index in [1.54, 1.807) is 19.1 Å². The number of rotatable bonds is 4. The second-order valence-electron chi connectivity index (χ2n) is 6.81. The molecule has 32 heavy (non-hydrogen) atoms. The van der Waals surface area contributed by atoms with Crippen LogP contribution < -0.4 is 35.2 Å². The minimum Gasteiger partial charge on any atom is -0.542 e. The summed E-state index contributed by atoms with van der Waals surface area (Å²) < 4.78 is 57.3. The monoisotopic (exact) mass is 469 g/mol. The maximum atomic E-state index is 14.7. The first-order valence-corrected chi connectivity index (χ1v) is 10.3. The van der Waals surface area contributed by atoms with Crippen LogP contribution in [0.4, 0.5) is 8.78 Å². The Balaban J connectivity index is 0.00000289. The van der Waals surface area contributed by atoms with Crippen molar-refractivity contribution >= 4 is 38.0 Å². The number of benzene rings is 1. The number of carbonyl (C=O) groups is 1. The van der Waals surface area contributed by atoms with Crippen LogP contribution in [-0.2, 0) is 21.4 Å². The van der Waals surface area contributed by atoms with Crippen LogP contribution in [-0.4, -0.2) is 33.8 Å². The number of hydrogen-bond donors (Lipinski definition) is 1. The van der Waals surface area contributed by atoms with Gasteiger partial charge in [0.25, 0.3) is 0 Å². The normalized spacial score (nSPS) is 11.5. The third kappa shape index (κ3) is 4.31. The molecule has 1 aromatic carbocycles. The van der Waals surface area contributed by atoms with Gasteiger partial charge in [-0.05, 0) is 38.1 Å². The Morgan fingerprint density at radius 2 is 1.88 bits per heavy atom. The molecule has 0 saturated heterocycles. The Morgan fingerprint density at radius 3 is 2.50 bits per heavy atom. The van der Waals surface area contributed by atoms with Crippen molar-refractivity contribution in [1.29, 1.82) is 0 Å². The van der Waals surface area contributed by atoms with Crippen molar-refractivity contribution in [3.63, 3.8) is 0 Å². The fraction of sp³-hybridized carbons (Fsp3) is 0.158. The first-order valence-electron chi connectivity index (χ1n) is 8.88. The zero-order valence-electron chi connectivity index (χ0n) is 17.2. The number of carbonyl (C=O) groups excluding carboxylic acids is 1. The van der Waals surface area contributed by atoms with Crippen LogP contribution in [0.5, 0.6) is 0 Å². The second kappa shape index (κ2) is 8.70. The van der Waals surface area contributed by atoms with Crippen molar-refractivity contribution in [2.24, 2.45) is 0 Å². The van der Waals surface area contributed by atoms with E-state index in [9.17, 15) is 26.8 Å². The molecule has 0 spiro atoms. The maximum Gasteiger partial charge on any atom is 1.00 e. The van der Waals surface area contributed by atoms with E-state index in [1.165, 1.54) is 6.20 Å². The molecule has 0 aliphatic heterocycles. The van der Waals surface area contributed by atoms with Crippen molar-refractivity contribution in [2.75, 3.05) is 0 Å². The fourth-order valence-electron chi connectivity index (χ4n) is 3.24. The van der Waals surface area contributed by atoms with Gasteiger partial charge >= 0.3 is 35.2 Å². The van der Waals surface area contributed by atoms with Gasteiger partial charge in [-0.25, -0.2) is 32.0 Å². The van der Waals surface area contributed by atoms with Crippen LogP contribution >= 0.6 is 0 Å². The number of nitrogens with one attached hydrogen (secondary N) is 1. The van der Waals surface area contributed by atoms with Gasteiger partial charge in [-0.15, -0.1) is 0 Å². The Kier molecular flexibility index (Phi) is 6.52. The number of sulfonamides is 1. The summed E-state index contributed by atoms with van der Waals surface area (Å²) in [5.41, 5.74) is 0.594. The number of aromatic nitrogens is 4. The molecule has 0 aliphatic carbocycles. The van der Waals surface area contributed by atoms with Crippen molar-refractivity contribution in [1.82, 2.24) is 19.5 Å². The second-order valence-corrected chi connectivity index (χ2v) is 8.42. The predicted octanol–water partition coefficient (Wildman–Crippen LogP) is -0.479. The first-order chi connectivity index (χ1) is 14.6. The molecule has 4 aromatic rings. The Bertz CT molecular complexity index is 1530. The number of hydrogen-bond acceptors (Lipinski definition) is 6. The molecule has 0 atom stereocenters. The first kappa shape index (κ1) is 24.0. The predicted molar refractivity (Wildman–Crippen MR) is 107 cm³/mol. The molecule has 0 radical (unpaired) electrons. The van der Waals surface area contributed by atoms with Crippen molar-refractivity contribution in [2.45, 2.75) is 25.3 Å². The molecule has 0 fully saturated rings. The number of imidazole rings is 1. The Morgan fingerprint density at radius 1 is 1.22 bits per heavy atom. The molecule has 0 bridgehead atoms. The summed E-state index contributed by atoms with van der Waals surface area (Å²) in [4.78, 5) is 33.7. The molecule has 9 nitrogen and oxygen atoms in total. The number of amides is 1. The molecule has 0 aliphatic rings. The molecule has 1 amide bonds. The van der Waals surface area contributed by atoms with Crippen LogP contribution in [0, 0.1) is 18.6 Å². The van der Waals surface area contributed by atoms with Gasteiger partial charge in [-0.2, -0.15) is 0 Å². The average Bonchev–Trinajstić information content (AvgIpc) is 2.98. The van der Waals surface area contributed by atoms with Gasteiger partial charge in [-0.1, -0.05) is 0 Å². The summed E-state index contributed by atoms with van der Waals surface area (Å²) >= 11 is 0. The molecule has 13 heteroatoms. The van der Waals surface area contributed by atoms with Gasteiger partial charge in [0.2, 0.25) is 0 Å². The van der Waals surface area contributed by atoms with E-state index in [0.717, 1.165) is 11.5 Å². The summed E-state index contributed by atoms with van der Waals surface area (Å²) in [6.07, 6.45) is 1.40. The van der Waals surface area contributed by atoms with Crippen molar-refractivity contribution < 1.29 is 51.6 Å². The summed E-state index contributed by atoms with van der Waals surface area (Å²) in [6, 6.07) is 4.53. The average molecular weight is 469 g/mol. The number of H-pyrrole nitrogens is 1. The van der Waals surface area contributed by atoms with Crippen LogP contribution in [0.25, 0.3) is 26.8 Å². The molecule has 0 saturated carbocycles. The largest absolute Gasteiger partial charge is 1.00 e. The van der Waals surface area contributed by atoms with Gasteiger partial charge in [-0.3, -0.25) is 4.57 Å². The number of pyridine rings is 2. The smallest absolute Gasteiger partial charge is 0.542 e. The van der Waals surface area contributed by atoms with Gasteiger partial charge in [0.05, 0.1) is 34.6 Å². The minimum absolute atomic E-state index is 0. The standard InChI is InChI=1S/C19H15F2N5O4S.Na/c1-9-3-4-12-17-16(7-22-18(12)23-9)24-19(28)26(17)8-13-14(20)5-11(6-15(13)21)31(29,30)25-10(2)27;/h3-7H,8H2,1-2H3,(H2,24,25,27,28);/q;+1/p-1. The number of halogens is 2. The number of fused-ring (bicyclic) bond motifs is 3. The number of aromatic amines is 1. The van der Waals surface area contributed by atoms with Crippen LogP contribution in [0.15, 0.2) is 40.2 Å². The molecule has 3 aromatic heterocycles. The summed E-state index contributed by atoms with van der Waals surface area (Å²) in [5, 5.41) is 0.502. The third-order valence-electron chi connectivity index (χ3n) is 4.57. The quantitative estimate of drug-likeness (QED) is 0.402. The van der Waals surface area contributed by atoms with Crippen molar-refractivity contribution in [3.05, 3.63) is 68.6 Å². The summed E-state index contributed by atoms with van der Waals surface area (Å²) in [5.74, 6) is -3.43. The summed E-state index contributed by atoms with van der Waals surface area (Å²) in [7, 11) is -4.55. The van der Waals surface area contributed by atoms with E-state index in [1.807, 2.05) is 0 Å². The van der Waals surface area contributed by atoms with Gasteiger partial charge in [0.15, 0.2) is 5.65 Å². The van der Waals surface area contributed by atoms with Crippen LogP contribution in [0.2, 0.25) is 0 Å². The van der Waals surface area contributed by atoms with E-state index in [-0.39, 0.29) is 29.6 Å². The van der Waals surface area contributed by atoms with E-state index >= 15 is 0 Å². The number of aryl methyl sites for hydroxylation is 1. The third-order valence-corrected chi connectivity index (χ3v) is 5.90. The number of nitrogens with zero attached hydrogens (tertiary/aromatic N) is 4. The van der Waals surface area contributed by atoms with E-state index in [4.69, 9.17) is 0 Å². The molecule has 4 rings (SSSR count). The Hall–Kier alpha value is -2.67. The van der Waals surface area contributed by atoms with E-state index in [2.05, 4.69) is 19.7 Å². The molecular formula is C19H14F2N5NaO4S. The SMILES string of the molecule is CC(=O)[N-]S(=O)(=O)c1cc(F)c(Cn2c(=O)[nH]c3cnc4nc(C)ccc4c32)c(F)c1.[Na+]. The molecule has 0 unspecified atom stereocenters. The van der Waals surface area contributed by atoms with E-state index < -0.39 is 50.3 Å². The summed E-state index contributed by atoms with van der Waals surface area (Å²) in [6.45, 7) is 2.15. The maximum absolute atomic E-state index is 14.7. The fourth-order valence-corrected chi connectivity index (χ4v) is 4.18. The van der Waals surface area contributed by atoms with Crippen molar-refractivity contribution in [3.8, 4) is 0 Å². The topological polar surface area (TPSA) is 129 Å². The van der Waals surface area contributed by atoms with Gasteiger partial charge in [0.1, 0.15) is 21.7 Å². The molecule has 3 heterocycles.